The third-order valence-electron chi connectivity index (χ3n) is 2.60. The number of rotatable bonds is 4. The van der Waals surface area contributed by atoms with Gasteiger partial charge in [0.05, 0.1) is 4.90 Å². The van der Waals surface area contributed by atoms with Crippen LogP contribution in [0.3, 0.4) is 0 Å². The highest BCUT2D eigenvalue weighted by Crippen LogP contribution is 2.33. The molecule has 0 amide bonds. The Morgan fingerprint density at radius 1 is 0.850 bits per heavy atom. The van der Waals surface area contributed by atoms with Crippen LogP contribution in [0, 0.1) is 23.3 Å². The summed E-state index contributed by atoms with van der Waals surface area (Å²) < 4.78 is 53.5. The van der Waals surface area contributed by atoms with E-state index in [0.29, 0.717) is 23.7 Å². The highest BCUT2D eigenvalue weighted by Gasteiger charge is 2.14. The predicted octanol–water partition coefficient (Wildman–Crippen LogP) is 3.90. The molecule has 2 aromatic rings. The van der Waals surface area contributed by atoms with E-state index in [1.54, 1.807) is 0 Å². The van der Waals surface area contributed by atoms with Gasteiger partial charge in [-0.05, 0) is 48.9 Å². The van der Waals surface area contributed by atoms with Gasteiger partial charge >= 0.3 is 0 Å². The van der Waals surface area contributed by atoms with E-state index in [1.807, 2.05) is 0 Å². The van der Waals surface area contributed by atoms with E-state index in [2.05, 4.69) is 0 Å². The van der Waals surface area contributed by atoms with Crippen LogP contribution >= 0.6 is 11.8 Å². The zero-order valence-electron chi connectivity index (χ0n) is 10.3. The van der Waals surface area contributed by atoms with E-state index in [0.717, 1.165) is 12.1 Å². The van der Waals surface area contributed by atoms with Crippen molar-refractivity contribution < 1.29 is 17.6 Å². The average molecular weight is 301 g/mol. The van der Waals surface area contributed by atoms with Crippen molar-refractivity contribution in [3.8, 4) is 0 Å². The van der Waals surface area contributed by atoms with Gasteiger partial charge in [-0.2, -0.15) is 0 Å². The van der Waals surface area contributed by atoms with Gasteiger partial charge in [0.15, 0.2) is 11.6 Å². The Morgan fingerprint density at radius 2 is 1.50 bits per heavy atom. The first-order chi connectivity index (χ1) is 9.51. The summed E-state index contributed by atoms with van der Waals surface area (Å²) in [5.41, 5.74) is 5.78. The monoisotopic (exact) mass is 301 g/mol. The lowest BCUT2D eigenvalue weighted by atomic mass is 10.1. The predicted molar refractivity (Wildman–Crippen MR) is 69.6 cm³/mol. The molecule has 0 heterocycles. The van der Waals surface area contributed by atoms with E-state index in [1.165, 1.54) is 18.2 Å². The summed E-state index contributed by atoms with van der Waals surface area (Å²) in [6.07, 6.45) is 0.365. The first-order valence-corrected chi connectivity index (χ1v) is 6.64. The summed E-state index contributed by atoms with van der Waals surface area (Å²) in [6.45, 7) is 0.286. The first kappa shape index (κ1) is 14.9. The molecule has 0 saturated carbocycles. The quantitative estimate of drug-likeness (QED) is 0.867. The number of hydrogen-bond acceptors (Lipinski definition) is 2. The minimum absolute atomic E-state index is 0.216. The van der Waals surface area contributed by atoms with Gasteiger partial charge in [0.1, 0.15) is 11.6 Å². The van der Waals surface area contributed by atoms with Gasteiger partial charge < -0.3 is 5.73 Å². The number of hydrogen-bond donors (Lipinski definition) is 1. The van der Waals surface area contributed by atoms with E-state index in [-0.39, 0.29) is 16.3 Å². The smallest absolute Gasteiger partial charge is 0.159 e. The van der Waals surface area contributed by atoms with Crippen LogP contribution in [0.5, 0.6) is 0 Å². The molecule has 1 nitrogen and oxygen atoms in total. The topological polar surface area (TPSA) is 26.0 Å². The van der Waals surface area contributed by atoms with Crippen LogP contribution in [0.4, 0.5) is 17.6 Å². The Kier molecular flexibility index (Phi) is 4.67. The summed E-state index contributed by atoms with van der Waals surface area (Å²) in [7, 11) is 0. The third-order valence-corrected chi connectivity index (χ3v) is 3.69. The SMILES string of the molecule is NCCc1cc(F)c(Sc2ccc(F)c(F)c2)c(F)c1. The summed E-state index contributed by atoms with van der Waals surface area (Å²) in [6, 6.07) is 5.45. The summed E-state index contributed by atoms with van der Waals surface area (Å²) in [4.78, 5) is -0.0370. The zero-order chi connectivity index (χ0) is 14.7. The van der Waals surface area contributed by atoms with Crippen LogP contribution in [0.2, 0.25) is 0 Å². The van der Waals surface area contributed by atoms with Crippen molar-refractivity contribution in [2.45, 2.75) is 16.2 Å². The lowest BCUT2D eigenvalue weighted by molar-refractivity contribution is 0.505. The van der Waals surface area contributed by atoms with Crippen molar-refractivity contribution in [1.82, 2.24) is 0 Å². The Morgan fingerprint density at radius 3 is 2.05 bits per heavy atom. The molecule has 0 aromatic heterocycles. The number of benzene rings is 2. The maximum absolute atomic E-state index is 13.8. The van der Waals surface area contributed by atoms with Gasteiger partial charge in [0, 0.05) is 4.90 Å². The van der Waals surface area contributed by atoms with E-state index in [9.17, 15) is 17.6 Å². The van der Waals surface area contributed by atoms with Gasteiger partial charge in [0.2, 0.25) is 0 Å². The van der Waals surface area contributed by atoms with E-state index in [4.69, 9.17) is 5.73 Å². The second-order valence-electron chi connectivity index (χ2n) is 4.11. The average Bonchev–Trinajstić information content (AvgIpc) is 2.38. The number of nitrogens with two attached hydrogens (primary N) is 1. The molecule has 106 valence electrons. The summed E-state index contributed by atoms with van der Waals surface area (Å²) >= 11 is 0.703. The molecule has 0 fully saturated rings. The molecule has 2 N–H and O–H groups in total. The van der Waals surface area contributed by atoms with Gasteiger partial charge in [-0.3, -0.25) is 0 Å². The molecule has 0 spiro atoms. The van der Waals surface area contributed by atoms with Crippen molar-refractivity contribution >= 4 is 11.8 Å². The van der Waals surface area contributed by atoms with Gasteiger partial charge in [-0.25, -0.2) is 17.6 Å². The van der Waals surface area contributed by atoms with Crippen LogP contribution in [0.1, 0.15) is 5.56 Å². The van der Waals surface area contributed by atoms with Crippen LogP contribution in [0.25, 0.3) is 0 Å². The Bertz CT molecular complexity index is 608. The van der Waals surface area contributed by atoms with Crippen LogP contribution < -0.4 is 5.73 Å². The molecular weight excluding hydrogens is 290 g/mol. The molecule has 0 atom stereocenters. The Balaban J connectivity index is 2.31. The molecule has 0 aliphatic rings. The molecule has 20 heavy (non-hydrogen) atoms. The maximum atomic E-state index is 13.8. The van der Waals surface area contributed by atoms with Crippen LogP contribution in [0.15, 0.2) is 40.1 Å². The minimum atomic E-state index is -1.06. The molecule has 0 saturated heterocycles. The largest absolute Gasteiger partial charge is 0.330 e. The molecule has 0 unspecified atom stereocenters. The van der Waals surface area contributed by atoms with Crippen molar-refractivity contribution in [3.63, 3.8) is 0 Å². The molecule has 2 rings (SSSR count). The lowest BCUT2D eigenvalue weighted by Crippen LogP contribution is -2.04. The highest BCUT2D eigenvalue weighted by atomic mass is 32.2. The molecule has 2 aromatic carbocycles. The molecule has 0 aliphatic heterocycles. The summed E-state index contributed by atoms with van der Waals surface area (Å²) in [5.74, 6) is -3.56. The second kappa shape index (κ2) is 6.28. The lowest BCUT2D eigenvalue weighted by Gasteiger charge is -2.08. The molecule has 0 aliphatic carbocycles. The van der Waals surface area contributed by atoms with Gasteiger partial charge in [0.25, 0.3) is 0 Å². The molecule has 0 radical (unpaired) electrons. The van der Waals surface area contributed by atoms with Gasteiger partial charge in [-0.1, -0.05) is 11.8 Å². The van der Waals surface area contributed by atoms with Crippen molar-refractivity contribution in [2.24, 2.45) is 5.73 Å². The Hall–Kier alpha value is -1.53. The van der Waals surface area contributed by atoms with Crippen molar-refractivity contribution in [2.75, 3.05) is 6.54 Å². The standard InChI is InChI=1S/C14H11F4NS/c15-10-2-1-9(7-11(10)16)20-14-12(17)5-8(3-4-19)6-13(14)18/h1-2,5-7H,3-4,19H2. The third kappa shape index (κ3) is 3.32. The molecular formula is C14H11F4NS. The zero-order valence-corrected chi connectivity index (χ0v) is 11.1. The van der Waals surface area contributed by atoms with E-state index >= 15 is 0 Å². The fourth-order valence-corrected chi connectivity index (χ4v) is 2.53. The van der Waals surface area contributed by atoms with E-state index < -0.39 is 23.3 Å². The van der Waals surface area contributed by atoms with Crippen molar-refractivity contribution in [3.05, 3.63) is 59.2 Å². The fraction of sp³-hybridized carbons (Fsp3) is 0.143. The Labute approximate surface area is 117 Å². The summed E-state index contributed by atoms with van der Waals surface area (Å²) in [5, 5.41) is 0. The van der Waals surface area contributed by atoms with Crippen molar-refractivity contribution in [1.29, 1.82) is 0 Å². The minimum Gasteiger partial charge on any atom is -0.330 e. The van der Waals surface area contributed by atoms with Gasteiger partial charge in [-0.15, -0.1) is 0 Å². The van der Waals surface area contributed by atoms with Crippen LogP contribution in [-0.2, 0) is 6.42 Å². The van der Waals surface area contributed by atoms with Crippen LogP contribution in [-0.4, -0.2) is 6.54 Å². The molecule has 0 bridgehead atoms. The molecule has 6 heteroatoms. The maximum Gasteiger partial charge on any atom is 0.159 e. The second-order valence-corrected chi connectivity index (χ2v) is 5.19. The highest BCUT2D eigenvalue weighted by molar-refractivity contribution is 7.99. The fourth-order valence-electron chi connectivity index (χ4n) is 1.68. The normalized spacial score (nSPS) is 10.8. The number of halogens is 4. The first-order valence-electron chi connectivity index (χ1n) is 5.82.